The Balaban J connectivity index is 1.24. The molecule has 1 aliphatic rings. The number of rotatable bonds is 4. The highest BCUT2D eigenvalue weighted by atomic mass is 14.9. The summed E-state index contributed by atoms with van der Waals surface area (Å²) in [6.45, 7) is 4.70. The molecule has 1 aliphatic carbocycles. The average molecular weight is 651 g/mol. The first-order valence-electron chi connectivity index (χ1n) is 17.7. The van der Waals surface area contributed by atoms with E-state index in [9.17, 15) is 0 Å². The summed E-state index contributed by atoms with van der Waals surface area (Å²) in [5, 5.41) is 7.28. The van der Waals surface area contributed by atoms with Crippen molar-refractivity contribution in [2.75, 3.05) is 0 Å². The van der Waals surface area contributed by atoms with Gasteiger partial charge in [0.05, 0.1) is 11.4 Å². The van der Waals surface area contributed by atoms with Gasteiger partial charge in [0.1, 0.15) is 0 Å². The average Bonchev–Trinajstić information content (AvgIpc) is 3.43. The van der Waals surface area contributed by atoms with E-state index in [1.165, 1.54) is 65.7 Å². The molecule has 0 spiro atoms. The van der Waals surface area contributed by atoms with Crippen LogP contribution in [0.4, 0.5) is 0 Å². The van der Waals surface area contributed by atoms with Gasteiger partial charge in [-0.3, -0.25) is 0 Å². The molecule has 2 nitrogen and oxygen atoms in total. The van der Waals surface area contributed by atoms with Crippen molar-refractivity contribution in [1.29, 1.82) is 0 Å². The zero-order valence-corrected chi connectivity index (χ0v) is 28.6. The number of aromatic nitrogens is 2. The lowest BCUT2D eigenvalue weighted by Crippen LogP contribution is -2.14. The number of fused-ring (bicyclic) bond motifs is 9. The second kappa shape index (κ2) is 11.3. The lowest BCUT2D eigenvalue weighted by atomic mass is 9.81. The summed E-state index contributed by atoms with van der Waals surface area (Å²) < 4.78 is 0. The van der Waals surface area contributed by atoms with Crippen molar-refractivity contribution in [2.24, 2.45) is 0 Å². The zero-order valence-electron chi connectivity index (χ0n) is 28.6. The summed E-state index contributed by atoms with van der Waals surface area (Å²) in [6, 6.07) is 61.2. The van der Waals surface area contributed by atoms with Gasteiger partial charge < -0.3 is 0 Å². The molecule has 0 atom stereocenters. The van der Waals surface area contributed by atoms with Gasteiger partial charge in [-0.2, -0.15) is 0 Å². The normalized spacial score (nSPS) is 13.1. The Morgan fingerprint density at radius 3 is 1.61 bits per heavy atom. The number of hydrogen-bond acceptors (Lipinski definition) is 2. The topological polar surface area (TPSA) is 25.8 Å². The molecule has 0 saturated carbocycles. The van der Waals surface area contributed by atoms with Crippen molar-refractivity contribution in [3.8, 4) is 56.2 Å². The van der Waals surface area contributed by atoms with Crippen LogP contribution in [0.15, 0.2) is 170 Å². The second-order valence-electron chi connectivity index (χ2n) is 14.2. The van der Waals surface area contributed by atoms with E-state index >= 15 is 0 Å². The molecule has 0 saturated heterocycles. The highest BCUT2D eigenvalue weighted by Crippen LogP contribution is 2.50. The monoisotopic (exact) mass is 650 g/mol. The lowest BCUT2D eigenvalue weighted by Gasteiger charge is -2.22. The molecule has 1 heterocycles. The van der Waals surface area contributed by atoms with Gasteiger partial charge in [0.15, 0.2) is 5.82 Å². The third-order valence-electron chi connectivity index (χ3n) is 10.9. The molecule has 0 amide bonds. The molecule has 0 N–H and O–H groups in total. The van der Waals surface area contributed by atoms with Crippen LogP contribution in [-0.4, -0.2) is 9.97 Å². The summed E-state index contributed by atoms with van der Waals surface area (Å²) in [6.07, 6.45) is 0. The zero-order chi connectivity index (χ0) is 34.1. The van der Waals surface area contributed by atoms with Crippen molar-refractivity contribution in [3.63, 3.8) is 0 Å². The minimum atomic E-state index is -0.0631. The van der Waals surface area contributed by atoms with Crippen molar-refractivity contribution in [3.05, 3.63) is 181 Å². The van der Waals surface area contributed by atoms with Crippen LogP contribution in [0.2, 0.25) is 0 Å². The Morgan fingerprint density at radius 1 is 0.353 bits per heavy atom. The second-order valence-corrected chi connectivity index (χ2v) is 14.2. The molecule has 0 unspecified atom stereocenters. The van der Waals surface area contributed by atoms with Crippen LogP contribution in [0.5, 0.6) is 0 Å². The fourth-order valence-electron chi connectivity index (χ4n) is 8.34. The first-order valence-corrected chi connectivity index (χ1v) is 17.7. The van der Waals surface area contributed by atoms with Gasteiger partial charge in [0.2, 0.25) is 0 Å². The quantitative estimate of drug-likeness (QED) is 0.177. The first-order chi connectivity index (χ1) is 25.0. The van der Waals surface area contributed by atoms with Crippen molar-refractivity contribution >= 4 is 32.3 Å². The highest BCUT2D eigenvalue weighted by Gasteiger charge is 2.35. The summed E-state index contributed by atoms with van der Waals surface area (Å²) in [5.41, 5.74) is 12.8. The number of hydrogen-bond donors (Lipinski definition) is 0. The van der Waals surface area contributed by atoms with Crippen LogP contribution in [-0.2, 0) is 5.41 Å². The van der Waals surface area contributed by atoms with E-state index in [0.29, 0.717) is 0 Å². The minimum absolute atomic E-state index is 0.0631. The third kappa shape index (κ3) is 4.64. The van der Waals surface area contributed by atoms with Crippen LogP contribution in [0.3, 0.4) is 0 Å². The van der Waals surface area contributed by atoms with E-state index < -0.39 is 0 Å². The Morgan fingerprint density at radius 2 is 0.882 bits per heavy atom. The molecule has 0 radical (unpaired) electrons. The van der Waals surface area contributed by atoms with Gasteiger partial charge in [-0.25, -0.2) is 9.97 Å². The maximum Gasteiger partial charge on any atom is 0.161 e. The van der Waals surface area contributed by atoms with Crippen molar-refractivity contribution in [2.45, 2.75) is 19.3 Å². The summed E-state index contributed by atoms with van der Waals surface area (Å²) in [4.78, 5) is 10.6. The van der Waals surface area contributed by atoms with E-state index in [0.717, 1.165) is 33.9 Å². The fraction of sp³-hybridized carbons (Fsp3) is 0.0612. The minimum Gasteiger partial charge on any atom is -0.228 e. The fourth-order valence-corrected chi connectivity index (χ4v) is 8.34. The Kier molecular flexibility index (Phi) is 6.56. The van der Waals surface area contributed by atoms with E-state index in [1.807, 2.05) is 12.1 Å². The molecule has 9 aromatic rings. The summed E-state index contributed by atoms with van der Waals surface area (Å²) >= 11 is 0. The van der Waals surface area contributed by atoms with E-state index in [-0.39, 0.29) is 5.41 Å². The molecule has 1 aromatic heterocycles. The number of nitrogens with zero attached hydrogens (tertiary/aromatic N) is 2. The maximum atomic E-state index is 5.28. The van der Waals surface area contributed by atoms with E-state index in [2.05, 4.69) is 172 Å². The first kappa shape index (κ1) is 29.5. The van der Waals surface area contributed by atoms with Crippen molar-refractivity contribution in [1.82, 2.24) is 9.97 Å². The van der Waals surface area contributed by atoms with Crippen LogP contribution in [0.1, 0.15) is 25.0 Å². The predicted octanol–water partition coefficient (Wildman–Crippen LogP) is 12.9. The Labute approximate surface area is 297 Å². The third-order valence-corrected chi connectivity index (χ3v) is 10.9. The molecule has 0 fully saturated rings. The highest BCUT2D eigenvalue weighted by molar-refractivity contribution is 6.28. The lowest BCUT2D eigenvalue weighted by molar-refractivity contribution is 0.660. The van der Waals surface area contributed by atoms with Crippen LogP contribution >= 0.6 is 0 Å². The van der Waals surface area contributed by atoms with E-state index in [4.69, 9.17) is 9.97 Å². The van der Waals surface area contributed by atoms with E-state index in [1.54, 1.807) is 0 Å². The van der Waals surface area contributed by atoms with Crippen LogP contribution < -0.4 is 0 Å². The number of benzene rings is 8. The standard InChI is InChI=1S/C49H34N2/c1-49(2)43-23-12-11-20-38(43)39-27-25-34(29-44(39)49)33-24-26-37-35-18-9-10-19-36(35)40-21-13-22-41(47(40)42(37)28-33)48-50-45(31-14-5-3-6-15-31)30-46(51-48)32-16-7-4-8-17-32/h3-30H,1-2H3. The Bertz CT molecular complexity index is 2760. The SMILES string of the molecule is CC1(C)c2ccccc2-c2ccc(-c3ccc4c5ccccc5c5cccc(-c6nc(-c7ccccc7)cc(-c7ccccc7)n6)c5c4c3)cc21. The largest absolute Gasteiger partial charge is 0.228 e. The van der Waals surface area contributed by atoms with Gasteiger partial charge in [0, 0.05) is 27.5 Å². The molecular weight excluding hydrogens is 617 g/mol. The van der Waals surface area contributed by atoms with Gasteiger partial charge in [-0.1, -0.05) is 166 Å². The molecule has 10 rings (SSSR count). The summed E-state index contributed by atoms with van der Waals surface area (Å²) in [5.74, 6) is 0.722. The van der Waals surface area contributed by atoms with Gasteiger partial charge in [0.25, 0.3) is 0 Å². The molecule has 240 valence electrons. The predicted molar refractivity (Wildman–Crippen MR) is 214 cm³/mol. The molecule has 8 aromatic carbocycles. The molecule has 51 heavy (non-hydrogen) atoms. The van der Waals surface area contributed by atoms with Crippen LogP contribution in [0, 0.1) is 0 Å². The molecule has 0 aliphatic heterocycles. The molecule has 0 bridgehead atoms. The van der Waals surface area contributed by atoms with Gasteiger partial charge in [-0.05, 0) is 78.5 Å². The van der Waals surface area contributed by atoms with Gasteiger partial charge in [-0.15, -0.1) is 0 Å². The van der Waals surface area contributed by atoms with Crippen molar-refractivity contribution < 1.29 is 0 Å². The van der Waals surface area contributed by atoms with Crippen LogP contribution in [0.25, 0.3) is 88.5 Å². The van der Waals surface area contributed by atoms with Gasteiger partial charge >= 0.3 is 0 Å². The molecule has 2 heteroatoms. The smallest absolute Gasteiger partial charge is 0.161 e. The summed E-state index contributed by atoms with van der Waals surface area (Å²) in [7, 11) is 0. The molecular formula is C49H34N2. The Hall–Kier alpha value is -6.38. The maximum absolute atomic E-state index is 5.28.